The van der Waals surface area contributed by atoms with Crippen LogP contribution < -0.4 is 5.32 Å². The number of hydrogen-bond donors (Lipinski definition) is 2. The molecule has 1 saturated heterocycles. The molecule has 220 valence electrons. The van der Waals surface area contributed by atoms with E-state index in [4.69, 9.17) is 32.7 Å². The van der Waals surface area contributed by atoms with Crippen molar-refractivity contribution >= 4 is 40.8 Å². The van der Waals surface area contributed by atoms with Crippen molar-refractivity contribution in [2.45, 2.75) is 49.7 Å². The Labute approximate surface area is 253 Å². The highest BCUT2D eigenvalue weighted by atomic mass is 35.5. The summed E-state index contributed by atoms with van der Waals surface area (Å²) < 4.78 is 26.0. The number of carbonyl (C=O) groups excluding carboxylic acids is 2. The molecule has 0 radical (unpaired) electrons. The Kier molecular flexibility index (Phi) is 7.58. The Bertz CT molecular complexity index is 1570. The van der Waals surface area contributed by atoms with E-state index in [1.165, 1.54) is 20.3 Å². The molecule has 2 aliphatic heterocycles. The number of amides is 1. The Hall–Kier alpha value is -3.33. The molecular weight excluding hydrogens is 582 g/mol. The SMILES string of the molecule is COC(=O)C1=C(OC)C=C(C(O)/C=C2/CC(c3cccc(Cl)c3F)C3(C(=O)Nc4cc(Cl)ccc43)N2CC2CC2)CC1. The molecule has 10 heteroatoms. The summed E-state index contributed by atoms with van der Waals surface area (Å²) >= 11 is 12.6. The van der Waals surface area contributed by atoms with Gasteiger partial charge in [0.25, 0.3) is 5.91 Å². The molecule has 2 N–H and O–H groups in total. The summed E-state index contributed by atoms with van der Waals surface area (Å²) in [5.41, 5.74) is 2.17. The van der Waals surface area contributed by atoms with Gasteiger partial charge in [0.05, 0.1) is 30.9 Å². The van der Waals surface area contributed by atoms with Crippen LogP contribution in [0.25, 0.3) is 0 Å². The topological polar surface area (TPSA) is 88.1 Å². The number of hydrogen-bond acceptors (Lipinski definition) is 6. The number of methoxy groups -OCH3 is 2. The number of nitrogens with one attached hydrogen (secondary N) is 1. The average molecular weight is 614 g/mol. The second kappa shape index (κ2) is 11.1. The monoisotopic (exact) mass is 612 g/mol. The van der Waals surface area contributed by atoms with Gasteiger partial charge in [0.15, 0.2) is 5.54 Å². The number of allylic oxidation sites excluding steroid dienone is 2. The van der Waals surface area contributed by atoms with Gasteiger partial charge in [-0.3, -0.25) is 4.79 Å². The highest BCUT2D eigenvalue weighted by Gasteiger charge is 2.62. The van der Waals surface area contributed by atoms with Gasteiger partial charge in [-0.2, -0.15) is 0 Å². The lowest BCUT2D eigenvalue weighted by Crippen LogP contribution is -2.50. The third kappa shape index (κ3) is 4.70. The maximum Gasteiger partial charge on any atom is 0.337 e. The van der Waals surface area contributed by atoms with Crippen LogP contribution in [0.2, 0.25) is 10.0 Å². The second-order valence-electron chi connectivity index (χ2n) is 11.2. The smallest absolute Gasteiger partial charge is 0.337 e. The molecule has 42 heavy (non-hydrogen) atoms. The number of aliphatic hydroxyl groups excluding tert-OH is 1. The lowest BCUT2D eigenvalue weighted by Gasteiger charge is -2.40. The Balaban J connectivity index is 1.49. The minimum absolute atomic E-state index is 0.0174. The maximum absolute atomic E-state index is 15.7. The second-order valence-corrected chi connectivity index (χ2v) is 12.1. The molecule has 0 bridgehead atoms. The van der Waals surface area contributed by atoms with E-state index in [0.29, 0.717) is 70.5 Å². The molecule has 3 atom stereocenters. The zero-order valence-electron chi connectivity index (χ0n) is 23.3. The Morgan fingerprint density at radius 2 is 2.02 bits per heavy atom. The zero-order chi connectivity index (χ0) is 29.8. The molecule has 2 fully saturated rings. The van der Waals surface area contributed by atoms with Crippen molar-refractivity contribution in [3.8, 4) is 0 Å². The van der Waals surface area contributed by atoms with Gasteiger partial charge in [-0.05, 0) is 79.5 Å². The summed E-state index contributed by atoms with van der Waals surface area (Å²) in [6.07, 6.45) is 5.50. The minimum atomic E-state index is -1.27. The van der Waals surface area contributed by atoms with Crippen molar-refractivity contribution in [2.75, 3.05) is 26.1 Å². The van der Waals surface area contributed by atoms with E-state index >= 15 is 4.39 Å². The van der Waals surface area contributed by atoms with E-state index in [-0.39, 0.29) is 10.9 Å². The largest absolute Gasteiger partial charge is 0.496 e. The number of fused-ring (bicyclic) bond motifs is 2. The van der Waals surface area contributed by atoms with Crippen molar-refractivity contribution in [2.24, 2.45) is 5.92 Å². The van der Waals surface area contributed by atoms with Crippen LogP contribution >= 0.6 is 23.2 Å². The third-order valence-electron chi connectivity index (χ3n) is 8.83. The summed E-state index contributed by atoms with van der Waals surface area (Å²) in [5.74, 6) is -1.22. The van der Waals surface area contributed by atoms with Crippen LogP contribution in [-0.2, 0) is 24.6 Å². The predicted octanol–water partition coefficient (Wildman–Crippen LogP) is 6.22. The minimum Gasteiger partial charge on any atom is -0.496 e. The Morgan fingerprint density at radius 1 is 1.24 bits per heavy atom. The van der Waals surface area contributed by atoms with Crippen LogP contribution in [-0.4, -0.2) is 48.8 Å². The number of benzene rings is 2. The van der Waals surface area contributed by atoms with Crippen molar-refractivity contribution in [1.82, 2.24) is 4.90 Å². The summed E-state index contributed by atoms with van der Waals surface area (Å²) in [7, 11) is 2.78. The van der Waals surface area contributed by atoms with Crippen LogP contribution in [0.3, 0.4) is 0 Å². The Morgan fingerprint density at radius 3 is 2.74 bits per heavy atom. The number of rotatable bonds is 7. The molecule has 1 amide bonds. The predicted molar refractivity (Wildman–Crippen MR) is 157 cm³/mol. The number of ether oxygens (including phenoxy) is 2. The molecule has 6 rings (SSSR count). The van der Waals surface area contributed by atoms with Gasteiger partial charge in [0, 0.05) is 34.4 Å². The first-order valence-electron chi connectivity index (χ1n) is 14.0. The third-order valence-corrected chi connectivity index (χ3v) is 9.36. The molecule has 1 spiro atoms. The van der Waals surface area contributed by atoms with Gasteiger partial charge in [-0.1, -0.05) is 41.4 Å². The summed E-state index contributed by atoms with van der Waals surface area (Å²) in [6.45, 7) is 0.571. The van der Waals surface area contributed by atoms with Crippen molar-refractivity contribution in [3.63, 3.8) is 0 Å². The lowest BCUT2D eigenvalue weighted by molar-refractivity contribution is -0.136. The van der Waals surface area contributed by atoms with Gasteiger partial charge >= 0.3 is 5.97 Å². The van der Waals surface area contributed by atoms with Crippen molar-refractivity contribution in [1.29, 1.82) is 0 Å². The number of likely N-dealkylation sites (tertiary alicyclic amines) is 1. The van der Waals surface area contributed by atoms with Gasteiger partial charge < -0.3 is 24.8 Å². The van der Waals surface area contributed by atoms with E-state index in [9.17, 15) is 14.7 Å². The van der Waals surface area contributed by atoms with Crippen LogP contribution in [0.4, 0.5) is 10.1 Å². The number of anilines is 1. The number of carbonyl (C=O) groups is 2. The van der Waals surface area contributed by atoms with E-state index < -0.39 is 29.3 Å². The molecule has 2 heterocycles. The van der Waals surface area contributed by atoms with E-state index in [0.717, 1.165) is 18.5 Å². The molecule has 2 aromatic carbocycles. The van der Waals surface area contributed by atoms with E-state index in [1.54, 1.807) is 36.4 Å². The first-order valence-corrected chi connectivity index (χ1v) is 14.7. The van der Waals surface area contributed by atoms with Crippen LogP contribution in [0.1, 0.15) is 49.1 Å². The molecule has 2 aliphatic carbocycles. The number of esters is 1. The molecule has 7 nitrogen and oxygen atoms in total. The fraction of sp³-hybridized carbons (Fsp3) is 0.375. The van der Waals surface area contributed by atoms with E-state index in [2.05, 4.69) is 10.2 Å². The van der Waals surface area contributed by atoms with Gasteiger partial charge in [-0.15, -0.1) is 0 Å². The van der Waals surface area contributed by atoms with Gasteiger partial charge in [0.2, 0.25) is 0 Å². The average Bonchev–Trinajstić information content (AvgIpc) is 3.69. The summed E-state index contributed by atoms with van der Waals surface area (Å²) in [5, 5.41) is 15.0. The molecule has 4 aliphatic rings. The van der Waals surface area contributed by atoms with E-state index in [1.807, 2.05) is 6.07 Å². The number of aliphatic hydroxyl groups is 1. The highest BCUT2D eigenvalue weighted by Crippen LogP contribution is 2.59. The quantitative estimate of drug-likeness (QED) is 0.361. The molecule has 0 aromatic heterocycles. The van der Waals surface area contributed by atoms with Crippen molar-refractivity contribution < 1.29 is 28.6 Å². The zero-order valence-corrected chi connectivity index (χ0v) is 24.8. The highest BCUT2D eigenvalue weighted by molar-refractivity contribution is 6.31. The molecule has 2 aromatic rings. The van der Waals surface area contributed by atoms with Crippen molar-refractivity contribution in [3.05, 3.63) is 98.1 Å². The number of nitrogens with zero attached hydrogens (tertiary/aromatic N) is 1. The van der Waals surface area contributed by atoms with Crippen LogP contribution in [0.15, 0.2) is 71.2 Å². The fourth-order valence-electron chi connectivity index (χ4n) is 6.64. The number of halogens is 3. The summed E-state index contributed by atoms with van der Waals surface area (Å²) in [4.78, 5) is 28.4. The molecule has 1 saturated carbocycles. The lowest BCUT2D eigenvalue weighted by atomic mass is 9.75. The van der Waals surface area contributed by atoms with Gasteiger partial charge in [-0.25, -0.2) is 9.18 Å². The fourth-order valence-corrected chi connectivity index (χ4v) is 6.99. The normalized spacial score (nSPS) is 25.0. The molecule has 3 unspecified atom stereocenters. The summed E-state index contributed by atoms with van der Waals surface area (Å²) in [6, 6.07) is 10.1. The van der Waals surface area contributed by atoms with Crippen LogP contribution in [0, 0.1) is 11.7 Å². The first kappa shape index (κ1) is 28.8. The molecular formula is C32H31Cl2FN2O5. The standard InChI is InChI=1S/C32H31Cl2FN2O5/c1-41-28-12-18(8-10-22(28)30(39)42-2)27(38)15-20-14-24(21-4-3-5-25(34)29(21)35)32(37(20)16-17-6-7-17)23-11-9-19(33)13-26(23)36-31(32)40/h3-5,9,11-13,15,17,24,27,38H,6-8,10,14,16H2,1-2H3,(H,36,40)/b20-15-. The first-order chi connectivity index (χ1) is 20.2. The maximum atomic E-state index is 15.7. The van der Waals surface area contributed by atoms with Gasteiger partial charge in [0.1, 0.15) is 11.6 Å². The van der Waals surface area contributed by atoms with Crippen LogP contribution in [0.5, 0.6) is 0 Å².